The van der Waals surface area contributed by atoms with Crippen molar-refractivity contribution >= 4 is 29.9 Å². The normalized spacial score (nSPS) is 26.9. The Hall–Kier alpha value is -1.80. The van der Waals surface area contributed by atoms with E-state index in [9.17, 15) is 22.8 Å². The molecular weight excluding hydrogens is 371 g/mol. The third kappa shape index (κ3) is 4.48. The van der Waals surface area contributed by atoms with Crippen molar-refractivity contribution in [1.29, 1.82) is 0 Å². The second-order valence-electron chi connectivity index (χ2n) is 6.80. The van der Waals surface area contributed by atoms with Gasteiger partial charge in [0.25, 0.3) is 5.91 Å². The summed E-state index contributed by atoms with van der Waals surface area (Å²) in [5.41, 5.74) is 6.73. The molecule has 9 heteroatoms. The van der Waals surface area contributed by atoms with Crippen molar-refractivity contribution in [2.75, 3.05) is 11.9 Å². The molecule has 3 rings (SSSR count). The van der Waals surface area contributed by atoms with E-state index in [4.69, 9.17) is 5.73 Å². The first-order valence-electron chi connectivity index (χ1n) is 8.26. The van der Waals surface area contributed by atoms with E-state index < -0.39 is 18.6 Å². The van der Waals surface area contributed by atoms with E-state index in [1.54, 1.807) is 5.32 Å². The Balaban J connectivity index is 0.00000243. The van der Waals surface area contributed by atoms with Gasteiger partial charge in [0.1, 0.15) is 6.54 Å². The summed E-state index contributed by atoms with van der Waals surface area (Å²) in [6.45, 7) is -1.38. The lowest BCUT2D eigenvalue weighted by molar-refractivity contribution is -0.123. The molecule has 0 heterocycles. The van der Waals surface area contributed by atoms with E-state index in [-0.39, 0.29) is 35.8 Å². The number of nitrogens with two attached hydrogens (primary N) is 1. The van der Waals surface area contributed by atoms with Crippen molar-refractivity contribution in [3.63, 3.8) is 0 Å². The highest BCUT2D eigenvalue weighted by Crippen LogP contribution is 2.47. The van der Waals surface area contributed by atoms with Gasteiger partial charge in [-0.05, 0) is 55.4 Å². The number of alkyl halides is 3. The van der Waals surface area contributed by atoms with Crippen LogP contribution in [0.2, 0.25) is 0 Å². The summed E-state index contributed by atoms with van der Waals surface area (Å²) in [4.78, 5) is 24.1. The molecule has 5 nitrogen and oxygen atoms in total. The van der Waals surface area contributed by atoms with Crippen LogP contribution in [-0.4, -0.2) is 30.6 Å². The van der Waals surface area contributed by atoms with Crippen LogP contribution < -0.4 is 16.4 Å². The molecule has 2 aliphatic carbocycles. The number of fused-ring (bicyclic) bond motifs is 2. The number of nitrogens with one attached hydrogen (secondary N) is 2. The van der Waals surface area contributed by atoms with Crippen LogP contribution in [0.3, 0.4) is 0 Å². The molecule has 0 radical (unpaired) electrons. The van der Waals surface area contributed by atoms with Gasteiger partial charge in [-0.3, -0.25) is 9.59 Å². The van der Waals surface area contributed by atoms with Crippen LogP contribution >= 0.6 is 12.4 Å². The molecule has 0 spiro atoms. The molecule has 2 fully saturated rings. The zero-order valence-electron chi connectivity index (χ0n) is 13.9. The van der Waals surface area contributed by atoms with Crippen LogP contribution in [0.5, 0.6) is 0 Å². The number of carbonyl (C=O) groups is 2. The molecule has 0 aliphatic heterocycles. The minimum atomic E-state index is -4.46. The number of carbonyl (C=O) groups excluding carboxylic acids is 2. The summed E-state index contributed by atoms with van der Waals surface area (Å²) in [7, 11) is 0. The third-order valence-corrected chi connectivity index (χ3v) is 5.15. The molecule has 4 unspecified atom stereocenters. The number of benzene rings is 1. The maximum Gasteiger partial charge on any atom is 0.405 e. The Labute approximate surface area is 155 Å². The molecule has 1 aromatic carbocycles. The highest BCUT2D eigenvalue weighted by atomic mass is 35.5. The Kier molecular flexibility index (Phi) is 6.18. The standard InChI is InChI=1S/C17H20F3N3O2.ClH/c18-17(19,20)8-22-15(24)9-3-5-12(6-4-9)23-16(25)13-10-1-2-11(7-10)14(13)21;/h3-6,10-11,13-14H,1-2,7-8,21H2,(H,22,24)(H,23,25);1H. The van der Waals surface area contributed by atoms with Gasteiger partial charge in [0.2, 0.25) is 5.91 Å². The maximum absolute atomic E-state index is 12.5. The van der Waals surface area contributed by atoms with Crippen molar-refractivity contribution < 1.29 is 22.8 Å². The van der Waals surface area contributed by atoms with Crippen molar-refractivity contribution in [3.8, 4) is 0 Å². The lowest BCUT2D eigenvalue weighted by Crippen LogP contribution is -2.42. The summed E-state index contributed by atoms with van der Waals surface area (Å²) >= 11 is 0. The maximum atomic E-state index is 12.5. The van der Waals surface area contributed by atoms with Crippen molar-refractivity contribution in [2.45, 2.75) is 31.5 Å². The quantitative estimate of drug-likeness (QED) is 0.737. The summed E-state index contributed by atoms with van der Waals surface area (Å²) in [5, 5.41) is 4.59. The Bertz CT molecular complexity index is 664. The summed E-state index contributed by atoms with van der Waals surface area (Å²) in [5.74, 6) is -0.402. The molecule has 144 valence electrons. The number of rotatable bonds is 4. The average Bonchev–Trinajstić information content (AvgIpc) is 3.13. The number of amides is 2. The van der Waals surface area contributed by atoms with Crippen molar-refractivity contribution in [2.24, 2.45) is 23.5 Å². The Morgan fingerprint density at radius 3 is 2.27 bits per heavy atom. The first kappa shape index (κ1) is 20.5. The summed E-state index contributed by atoms with van der Waals surface area (Å²) < 4.78 is 36.3. The number of anilines is 1. The van der Waals surface area contributed by atoms with Gasteiger partial charge in [-0.1, -0.05) is 0 Å². The first-order chi connectivity index (χ1) is 11.7. The second-order valence-corrected chi connectivity index (χ2v) is 6.80. The van der Waals surface area contributed by atoms with Crippen LogP contribution in [0.25, 0.3) is 0 Å². The zero-order chi connectivity index (χ0) is 18.2. The smallest absolute Gasteiger partial charge is 0.343 e. The molecule has 4 N–H and O–H groups in total. The highest BCUT2D eigenvalue weighted by molar-refractivity contribution is 5.96. The lowest BCUT2D eigenvalue weighted by Gasteiger charge is -2.27. The van der Waals surface area contributed by atoms with Crippen molar-refractivity contribution in [1.82, 2.24) is 5.32 Å². The average molecular weight is 392 g/mol. The fourth-order valence-electron chi connectivity index (χ4n) is 3.94. The topological polar surface area (TPSA) is 84.2 Å². The van der Waals surface area contributed by atoms with Gasteiger partial charge in [-0.15, -0.1) is 12.4 Å². The Morgan fingerprint density at radius 2 is 1.73 bits per heavy atom. The van der Waals surface area contributed by atoms with Gasteiger partial charge in [0, 0.05) is 17.3 Å². The molecule has 2 amide bonds. The van der Waals surface area contributed by atoms with Crippen LogP contribution in [0.4, 0.5) is 18.9 Å². The van der Waals surface area contributed by atoms with Crippen LogP contribution in [0, 0.1) is 17.8 Å². The van der Waals surface area contributed by atoms with Gasteiger partial charge in [0.15, 0.2) is 0 Å². The second kappa shape index (κ2) is 7.84. The van der Waals surface area contributed by atoms with Gasteiger partial charge < -0.3 is 16.4 Å². The summed E-state index contributed by atoms with van der Waals surface area (Å²) in [6.07, 6.45) is -1.35. The van der Waals surface area contributed by atoms with E-state index >= 15 is 0 Å². The van der Waals surface area contributed by atoms with E-state index in [0.717, 1.165) is 19.3 Å². The molecule has 2 aliphatic rings. The fourth-order valence-corrected chi connectivity index (χ4v) is 3.94. The lowest BCUT2D eigenvalue weighted by atomic mass is 9.84. The molecule has 0 saturated heterocycles. The van der Waals surface area contributed by atoms with Gasteiger partial charge in [0.05, 0.1) is 5.92 Å². The van der Waals surface area contributed by atoms with E-state index in [2.05, 4.69) is 5.32 Å². The highest BCUT2D eigenvalue weighted by Gasteiger charge is 2.49. The van der Waals surface area contributed by atoms with Crippen LogP contribution in [0.15, 0.2) is 24.3 Å². The monoisotopic (exact) mass is 391 g/mol. The molecule has 4 atom stereocenters. The van der Waals surface area contributed by atoms with E-state index in [1.807, 2.05) is 0 Å². The number of hydrogen-bond acceptors (Lipinski definition) is 3. The summed E-state index contributed by atoms with van der Waals surface area (Å²) in [6, 6.07) is 5.63. The predicted octanol–water partition coefficient (Wildman–Crippen LogP) is 2.71. The van der Waals surface area contributed by atoms with Crippen LogP contribution in [-0.2, 0) is 4.79 Å². The van der Waals surface area contributed by atoms with Crippen molar-refractivity contribution in [3.05, 3.63) is 29.8 Å². The van der Waals surface area contributed by atoms with E-state index in [0.29, 0.717) is 17.5 Å². The minimum absolute atomic E-state index is 0. The largest absolute Gasteiger partial charge is 0.405 e. The third-order valence-electron chi connectivity index (χ3n) is 5.15. The molecule has 2 saturated carbocycles. The number of halogens is 4. The zero-order valence-corrected chi connectivity index (χ0v) is 14.7. The molecule has 26 heavy (non-hydrogen) atoms. The van der Waals surface area contributed by atoms with Gasteiger partial charge in [-0.25, -0.2) is 0 Å². The van der Waals surface area contributed by atoms with E-state index in [1.165, 1.54) is 24.3 Å². The number of hydrogen-bond donors (Lipinski definition) is 3. The Morgan fingerprint density at radius 1 is 1.12 bits per heavy atom. The fraction of sp³-hybridized carbons (Fsp3) is 0.529. The van der Waals surface area contributed by atoms with Gasteiger partial charge >= 0.3 is 6.18 Å². The minimum Gasteiger partial charge on any atom is -0.343 e. The van der Waals surface area contributed by atoms with Crippen LogP contribution in [0.1, 0.15) is 29.6 Å². The predicted molar refractivity (Wildman–Crippen MR) is 93.0 cm³/mol. The first-order valence-corrected chi connectivity index (χ1v) is 8.26. The molecule has 1 aromatic rings. The molecule has 0 aromatic heterocycles. The SMILES string of the molecule is Cl.NC1C2CCC(C2)C1C(=O)Nc1ccc(C(=O)NCC(F)(F)F)cc1. The van der Waals surface area contributed by atoms with Gasteiger partial charge in [-0.2, -0.15) is 13.2 Å². The molecular formula is C17H21ClF3N3O2. The molecule has 2 bridgehead atoms.